The van der Waals surface area contributed by atoms with Crippen molar-refractivity contribution in [2.24, 2.45) is 0 Å². The molecular formula is C19H20N6. The zero-order chi connectivity index (χ0) is 17.2. The van der Waals surface area contributed by atoms with Crippen LogP contribution in [0, 0.1) is 19.3 Å². The number of nitrogens with one attached hydrogen (secondary N) is 1. The number of aryl methyl sites for hydroxylation is 1. The Morgan fingerprint density at radius 2 is 2.24 bits per heavy atom. The third kappa shape index (κ3) is 2.89. The molecule has 3 aromatic rings. The summed E-state index contributed by atoms with van der Waals surface area (Å²) in [6.07, 6.45) is 12.0. The van der Waals surface area contributed by atoms with Crippen LogP contribution in [0.25, 0.3) is 11.0 Å². The first kappa shape index (κ1) is 15.5. The maximum Gasteiger partial charge on any atom is 0.142 e. The third-order valence-corrected chi connectivity index (χ3v) is 4.69. The number of anilines is 2. The van der Waals surface area contributed by atoms with Crippen LogP contribution >= 0.6 is 0 Å². The summed E-state index contributed by atoms with van der Waals surface area (Å²) >= 11 is 0. The van der Waals surface area contributed by atoms with Crippen molar-refractivity contribution in [1.29, 1.82) is 0 Å². The Morgan fingerprint density at radius 3 is 3.04 bits per heavy atom. The largest absolute Gasteiger partial charge is 0.354 e. The van der Waals surface area contributed by atoms with Gasteiger partial charge in [0.15, 0.2) is 0 Å². The van der Waals surface area contributed by atoms with E-state index in [2.05, 4.69) is 41.7 Å². The second-order valence-corrected chi connectivity index (χ2v) is 6.35. The highest BCUT2D eigenvalue weighted by Gasteiger charge is 2.30. The predicted octanol–water partition coefficient (Wildman–Crippen LogP) is 2.38. The summed E-state index contributed by atoms with van der Waals surface area (Å²) in [5.74, 6) is 4.69. The Labute approximate surface area is 146 Å². The van der Waals surface area contributed by atoms with Crippen LogP contribution in [-0.2, 0) is 0 Å². The summed E-state index contributed by atoms with van der Waals surface area (Å²) in [6, 6.07) is 6.46. The van der Waals surface area contributed by atoms with Gasteiger partial charge in [0.25, 0.3) is 0 Å². The van der Waals surface area contributed by atoms with Crippen molar-refractivity contribution in [2.75, 3.05) is 29.4 Å². The molecule has 1 aliphatic heterocycles. The second kappa shape index (κ2) is 6.44. The van der Waals surface area contributed by atoms with E-state index < -0.39 is 0 Å². The molecule has 1 unspecified atom stereocenters. The van der Waals surface area contributed by atoms with Gasteiger partial charge in [-0.25, -0.2) is 15.0 Å². The lowest BCUT2D eigenvalue weighted by Crippen LogP contribution is -2.38. The molecule has 0 aliphatic carbocycles. The van der Waals surface area contributed by atoms with Crippen molar-refractivity contribution in [1.82, 2.24) is 19.9 Å². The smallest absolute Gasteiger partial charge is 0.142 e. The minimum Gasteiger partial charge on any atom is -0.354 e. The average Bonchev–Trinajstić information content (AvgIpc) is 3.29. The van der Waals surface area contributed by atoms with Crippen LogP contribution in [0.5, 0.6) is 0 Å². The van der Waals surface area contributed by atoms with Gasteiger partial charge in [-0.3, -0.25) is 0 Å². The Kier molecular flexibility index (Phi) is 3.98. The van der Waals surface area contributed by atoms with E-state index in [0.717, 1.165) is 47.7 Å². The fourth-order valence-corrected chi connectivity index (χ4v) is 3.42. The number of aromatic nitrogens is 4. The Bertz CT molecular complexity index is 908. The monoisotopic (exact) mass is 332 g/mol. The molecule has 6 heteroatoms. The minimum atomic E-state index is 0.315. The van der Waals surface area contributed by atoms with Crippen molar-refractivity contribution < 1.29 is 0 Å². The molecule has 126 valence electrons. The van der Waals surface area contributed by atoms with Gasteiger partial charge in [0.2, 0.25) is 0 Å². The molecule has 0 amide bonds. The number of fused-ring (bicyclic) bond motifs is 1. The van der Waals surface area contributed by atoms with E-state index >= 15 is 0 Å². The molecule has 4 heterocycles. The normalized spacial score (nSPS) is 17.0. The molecule has 25 heavy (non-hydrogen) atoms. The standard InChI is InChI=1S/C19H20N6/c1-3-9-25(17-5-4-14(2)11-21-17)15-7-10-24(12-15)19-16-6-8-20-18(16)22-13-23-19/h1,4-6,8,11,13,15H,7,9-10,12H2,2H3,(H,20,22,23). The number of pyridine rings is 1. The molecule has 0 aromatic carbocycles. The summed E-state index contributed by atoms with van der Waals surface area (Å²) in [7, 11) is 0. The molecule has 1 saturated heterocycles. The van der Waals surface area contributed by atoms with Crippen LogP contribution in [0.4, 0.5) is 11.6 Å². The zero-order valence-corrected chi connectivity index (χ0v) is 14.2. The van der Waals surface area contributed by atoms with E-state index in [4.69, 9.17) is 6.42 Å². The molecular weight excluding hydrogens is 312 g/mol. The summed E-state index contributed by atoms with van der Waals surface area (Å²) in [5, 5.41) is 1.06. The van der Waals surface area contributed by atoms with Gasteiger partial charge in [0.05, 0.1) is 18.0 Å². The number of nitrogens with zero attached hydrogens (tertiary/aromatic N) is 5. The highest BCUT2D eigenvalue weighted by atomic mass is 15.3. The maximum absolute atomic E-state index is 5.61. The van der Waals surface area contributed by atoms with Gasteiger partial charge in [-0.1, -0.05) is 12.0 Å². The zero-order valence-electron chi connectivity index (χ0n) is 14.2. The Balaban J connectivity index is 1.59. The van der Waals surface area contributed by atoms with Crippen LogP contribution < -0.4 is 9.80 Å². The topological polar surface area (TPSA) is 60.9 Å². The molecule has 3 aromatic heterocycles. The van der Waals surface area contributed by atoms with Crippen LogP contribution in [-0.4, -0.2) is 45.6 Å². The summed E-state index contributed by atoms with van der Waals surface area (Å²) in [6.45, 7) is 4.40. The first-order valence-corrected chi connectivity index (χ1v) is 8.42. The highest BCUT2D eigenvalue weighted by Crippen LogP contribution is 2.28. The predicted molar refractivity (Wildman–Crippen MR) is 99.7 cm³/mol. The molecule has 0 spiro atoms. The van der Waals surface area contributed by atoms with Gasteiger partial charge in [-0.15, -0.1) is 6.42 Å². The number of rotatable bonds is 4. The number of aromatic amines is 1. The lowest BCUT2D eigenvalue weighted by atomic mass is 10.2. The molecule has 0 saturated carbocycles. The van der Waals surface area contributed by atoms with Crippen LogP contribution in [0.1, 0.15) is 12.0 Å². The van der Waals surface area contributed by atoms with Crippen molar-refractivity contribution in [3.05, 3.63) is 42.5 Å². The SMILES string of the molecule is C#CCN(c1ccc(C)cn1)C1CCN(c2ncnc3[nH]ccc23)C1. The van der Waals surface area contributed by atoms with Gasteiger partial charge in [-0.2, -0.15) is 0 Å². The molecule has 6 nitrogen and oxygen atoms in total. The number of hydrogen-bond donors (Lipinski definition) is 1. The number of H-pyrrole nitrogens is 1. The Hall–Kier alpha value is -3.07. The summed E-state index contributed by atoms with van der Waals surface area (Å²) in [5.41, 5.74) is 2.02. The van der Waals surface area contributed by atoms with E-state index in [0.29, 0.717) is 12.6 Å². The fourth-order valence-electron chi connectivity index (χ4n) is 3.42. The maximum atomic E-state index is 5.61. The third-order valence-electron chi connectivity index (χ3n) is 4.69. The molecule has 1 aliphatic rings. The molecule has 1 fully saturated rings. The minimum absolute atomic E-state index is 0.315. The quantitative estimate of drug-likeness (QED) is 0.743. The van der Waals surface area contributed by atoms with Crippen molar-refractivity contribution in [3.8, 4) is 12.3 Å². The van der Waals surface area contributed by atoms with Crippen molar-refractivity contribution in [2.45, 2.75) is 19.4 Å². The van der Waals surface area contributed by atoms with E-state index in [9.17, 15) is 0 Å². The molecule has 0 radical (unpaired) electrons. The molecule has 1 atom stereocenters. The number of hydrogen-bond acceptors (Lipinski definition) is 5. The second-order valence-electron chi connectivity index (χ2n) is 6.35. The lowest BCUT2D eigenvalue weighted by molar-refractivity contribution is 0.664. The molecule has 4 rings (SSSR count). The Morgan fingerprint density at radius 1 is 1.32 bits per heavy atom. The fraction of sp³-hybridized carbons (Fsp3) is 0.316. The average molecular weight is 332 g/mol. The van der Waals surface area contributed by atoms with Gasteiger partial charge in [-0.05, 0) is 31.0 Å². The highest BCUT2D eigenvalue weighted by molar-refractivity contribution is 5.87. The summed E-state index contributed by atoms with van der Waals surface area (Å²) in [4.78, 5) is 21.0. The lowest BCUT2D eigenvalue weighted by Gasteiger charge is -2.28. The van der Waals surface area contributed by atoms with E-state index in [1.54, 1.807) is 6.33 Å². The van der Waals surface area contributed by atoms with Gasteiger partial charge < -0.3 is 14.8 Å². The van der Waals surface area contributed by atoms with Crippen LogP contribution in [0.2, 0.25) is 0 Å². The molecule has 0 bridgehead atoms. The van der Waals surface area contributed by atoms with Crippen molar-refractivity contribution >= 4 is 22.7 Å². The van der Waals surface area contributed by atoms with E-state index in [1.807, 2.05) is 31.5 Å². The van der Waals surface area contributed by atoms with Gasteiger partial charge in [0.1, 0.15) is 23.6 Å². The summed E-state index contributed by atoms with van der Waals surface area (Å²) < 4.78 is 0. The first-order chi connectivity index (χ1) is 12.3. The van der Waals surface area contributed by atoms with E-state index in [1.165, 1.54) is 0 Å². The van der Waals surface area contributed by atoms with Crippen molar-refractivity contribution in [3.63, 3.8) is 0 Å². The molecule has 1 N–H and O–H groups in total. The van der Waals surface area contributed by atoms with Gasteiger partial charge in [0, 0.05) is 25.5 Å². The van der Waals surface area contributed by atoms with Crippen LogP contribution in [0.15, 0.2) is 36.9 Å². The number of terminal acetylenes is 1. The first-order valence-electron chi connectivity index (χ1n) is 8.42. The van der Waals surface area contributed by atoms with E-state index in [-0.39, 0.29) is 0 Å². The van der Waals surface area contributed by atoms with Gasteiger partial charge >= 0.3 is 0 Å². The van der Waals surface area contributed by atoms with Crippen LogP contribution in [0.3, 0.4) is 0 Å².